The van der Waals surface area contributed by atoms with Gasteiger partial charge in [-0.1, -0.05) is 35.9 Å². The Morgan fingerprint density at radius 2 is 1.64 bits per heavy atom. The molecule has 134 valence electrons. The molecule has 3 rings (SSSR count). The molecule has 0 spiro atoms. The molecule has 1 saturated heterocycles. The maximum Gasteiger partial charge on any atom is 0.123 e. The van der Waals surface area contributed by atoms with Crippen molar-refractivity contribution in [3.8, 4) is 0 Å². The van der Waals surface area contributed by atoms with E-state index in [2.05, 4.69) is 15.9 Å². The van der Waals surface area contributed by atoms with E-state index in [9.17, 15) is 9.50 Å². The first-order valence-electron chi connectivity index (χ1n) is 8.70. The number of β-amino-alcohol motifs (C(OH)–C–C–N with tert-alkyl or cyclic N) is 1. The molecule has 3 nitrogen and oxygen atoms in total. The highest BCUT2D eigenvalue weighted by Crippen LogP contribution is 2.14. The summed E-state index contributed by atoms with van der Waals surface area (Å²) in [4.78, 5) is 4.71. The number of rotatable bonds is 6. The van der Waals surface area contributed by atoms with Crippen molar-refractivity contribution in [1.29, 1.82) is 0 Å². The van der Waals surface area contributed by atoms with Crippen molar-refractivity contribution >= 4 is 11.6 Å². The van der Waals surface area contributed by atoms with Crippen molar-refractivity contribution in [3.05, 3.63) is 70.5 Å². The topological polar surface area (TPSA) is 26.7 Å². The molecular formula is C20H24ClFN2O. The van der Waals surface area contributed by atoms with E-state index < -0.39 is 6.10 Å². The van der Waals surface area contributed by atoms with E-state index >= 15 is 0 Å². The zero-order valence-electron chi connectivity index (χ0n) is 14.2. The van der Waals surface area contributed by atoms with E-state index in [-0.39, 0.29) is 5.82 Å². The molecule has 2 aromatic rings. The Morgan fingerprint density at radius 3 is 2.32 bits per heavy atom. The smallest absolute Gasteiger partial charge is 0.123 e. The largest absolute Gasteiger partial charge is 0.391 e. The standard InChI is InChI=1S/C20H24ClFN2O/c21-18-3-1-2-17(12-18)14-23-8-10-24(11-9-23)15-20(25)13-16-4-6-19(22)7-5-16/h1-7,12,20,25H,8-11,13-15H2/t20-/m0/s1. The molecule has 0 aliphatic carbocycles. The molecule has 25 heavy (non-hydrogen) atoms. The van der Waals surface area contributed by atoms with Crippen LogP contribution in [-0.2, 0) is 13.0 Å². The fourth-order valence-electron chi connectivity index (χ4n) is 3.28. The second kappa shape index (κ2) is 8.77. The molecule has 1 fully saturated rings. The van der Waals surface area contributed by atoms with Crippen LogP contribution in [0.2, 0.25) is 5.02 Å². The summed E-state index contributed by atoms with van der Waals surface area (Å²) in [7, 11) is 0. The Hall–Kier alpha value is -1.46. The maximum atomic E-state index is 12.9. The van der Waals surface area contributed by atoms with Crippen LogP contribution in [0.4, 0.5) is 4.39 Å². The minimum Gasteiger partial charge on any atom is -0.391 e. The third-order valence-corrected chi connectivity index (χ3v) is 4.85. The van der Waals surface area contributed by atoms with Crippen LogP contribution in [0, 0.1) is 5.82 Å². The number of benzene rings is 2. The molecule has 0 radical (unpaired) electrons. The summed E-state index contributed by atoms with van der Waals surface area (Å²) in [6.45, 7) is 5.42. The second-order valence-corrected chi connectivity index (χ2v) is 7.13. The van der Waals surface area contributed by atoms with Gasteiger partial charge in [-0.25, -0.2) is 4.39 Å². The number of nitrogens with zero attached hydrogens (tertiary/aromatic N) is 2. The van der Waals surface area contributed by atoms with Crippen molar-refractivity contribution in [2.45, 2.75) is 19.1 Å². The minimum absolute atomic E-state index is 0.242. The van der Waals surface area contributed by atoms with Crippen molar-refractivity contribution < 1.29 is 9.50 Å². The molecule has 0 bridgehead atoms. The van der Waals surface area contributed by atoms with Crippen molar-refractivity contribution in [2.75, 3.05) is 32.7 Å². The molecular weight excluding hydrogens is 339 g/mol. The van der Waals surface area contributed by atoms with Crippen LogP contribution < -0.4 is 0 Å². The highest BCUT2D eigenvalue weighted by molar-refractivity contribution is 6.30. The van der Waals surface area contributed by atoms with Gasteiger partial charge in [0, 0.05) is 44.3 Å². The second-order valence-electron chi connectivity index (χ2n) is 6.69. The predicted octanol–water partition coefficient (Wildman–Crippen LogP) is 3.20. The summed E-state index contributed by atoms with van der Waals surface area (Å²) in [5, 5.41) is 11.1. The first-order chi connectivity index (χ1) is 12.1. The van der Waals surface area contributed by atoms with E-state index in [0.717, 1.165) is 43.3 Å². The number of hydrogen-bond acceptors (Lipinski definition) is 3. The summed E-state index contributed by atoms with van der Waals surface area (Å²) < 4.78 is 12.9. The quantitative estimate of drug-likeness (QED) is 0.854. The van der Waals surface area contributed by atoms with Crippen LogP contribution in [-0.4, -0.2) is 53.7 Å². The molecule has 1 heterocycles. The monoisotopic (exact) mass is 362 g/mol. The summed E-state index contributed by atoms with van der Waals surface area (Å²) in [5.74, 6) is -0.242. The SMILES string of the molecule is O[C@@H](Cc1ccc(F)cc1)CN1CCN(Cc2cccc(Cl)c2)CC1. The number of piperazine rings is 1. The predicted molar refractivity (Wildman–Crippen MR) is 99.3 cm³/mol. The summed E-state index contributed by atoms with van der Waals surface area (Å²) in [6.07, 6.45) is 0.133. The molecule has 1 aliphatic rings. The van der Waals surface area contributed by atoms with Crippen LogP contribution in [0.1, 0.15) is 11.1 Å². The normalized spacial score (nSPS) is 17.6. The summed E-state index contributed by atoms with van der Waals surface area (Å²) >= 11 is 6.04. The molecule has 5 heteroatoms. The highest BCUT2D eigenvalue weighted by atomic mass is 35.5. The van der Waals surface area contributed by atoms with Gasteiger partial charge in [0.15, 0.2) is 0 Å². The van der Waals surface area contributed by atoms with E-state index in [1.165, 1.54) is 17.7 Å². The number of halogens is 2. The lowest BCUT2D eigenvalue weighted by atomic mass is 10.1. The lowest BCUT2D eigenvalue weighted by molar-refractivity contribution is 0.0704. The average molecular weight is 363 g/mol. The first kappa shape index (κ1) is 18.3. The lowest BCUT2D eigenvalue weighted by Crippen LogP contribution is -2.48. The molecule has 1 N–H and O–H groups in total. The van der Waals surface area contributed by atoms with Gasteiger partial charge in [0.2, 0.25) is 0 Å². The van der Waals surface area contributed by atoms with E-state index in [1.807, 2.05) is 18.2 Å². The van der Waals surface area contributed by atoms with Gasteiger partial charge in [-0.05, 0) is 41.8 Å². The number of hydrogen-bond donors (Lipinski definition) is 1. The third kappa shape index (κ3) is 5.79. The molecule has 0 unspecified atom stereocenters. The Kier molecular flexibility index (Phi) is 6.43. The molecule has 0 saturated carbocycles. The zero-order valence-corrected chi connectivity index (χ0v) is 15.0. The molecule has 0 aromatic heterocycles. The Labute approximate surface area is 153 Å². The van der Waals surface area contributed by atoms with Crippen molar-refractivity contribution in [1.82, 2.24) is 9.80 Å². The van der Waals surface area contributed by atoms with E-state index in [0.29, 0.717) is 13.0 Å². The Bertz CT molecular complexity index is 672. The van der Waals surface area contributed by atoms with Gasteiger partial charge in [0.05, 0.1) is 6.10 Å². The Balaban J connectivity index is 1.42. The van der Waals surface area contributed by atoms with Gasteiger partial charge in [-0.3, -0.25) is 9.80 Å². The van der Waals surface area contributed by atoms with Gasteiger partial charge < -0.3 is 5.11 Å². The van der Waals surface area contributed by atoms with E-state index in [1.54, 1.807) is 12.1 Å². The van der Waals surface area contributed by atoms with Crippen LogP contribution in [0.15, 0.2) is 48.5 Å². The zero-order chi connectivity index (χ0) is 17.6. The highest BCUT2D eigenvalue weighted by Gasteiger charge is 2.19. The molecule has 1 aliphatic heterocycles. The number of aliphatic hydroxyl groups excluding tert-OH is 1. The fraction of sp³-hybridized carbons (Fsp3) is 0.400. The van der Waals surface area contributed by atoms with Crippen LogP contribution in [0.25, 0.3) is 0 Å². The summed E-state index contributed by atoms with van der Waals surface area (Å²) in [6, 6.07) is 14.4. The van der Waals surface area contributed by atoms with Crippen LogP contribution >= 0.6 is 11.6 Å². The number of aliphatic hydroxyl groups is 1. The fourth-order valence-corrected chi connectivity index (χ4v) is 3.49. The average Bonchev–Trinajstić information content (AvgIpc) is 2.59. The van der Waals surface area contributed by atoms with E-state index in [4.69, 9.17) is 11.6 Å². The van der Waals surface area contributed by atoms with Gasteiger partial charge >= 0.3 is 0 Å². The molecule has 2 aromatic carbocycles. The van der Waals surface area contributed by atoms with Gasteiger partial charge in [0.1, 0.15) is 5.82 Å². The van der Waals surface area contributed by atoms with Crippen molar-refractivity contribution in [3.63, 3.8) is 0 Å². The summed E-state index contributed by atoms with van der Waals surface area (Å²) in [5.41, 5.74) is 2.20. The molecule has 0 amide bonds. The third-order valence-electron chi connectivity index (χ3n) is 4.61. The maximum absolute atomic E-state index is 12.9. The van der Waals surface area contributed by atoms with Gasteiger partial charge in [-0.2, -0.15) is 0 Å². The van der Waals surface area contributed by atoms with Crippen LogP contribution in [0.3, 0.4) is 0 Å². The molecule has 1 atom stereocenters. The van der Waals surface area contributed by atoms with Gasteiger partial charge in [-0.15, -0.1) is 0 Å². The first-order valence-corrected chi connectivity index (χ1v) is 9.08. The van der Waals surface area contributed by atoms with Crippen molar-refractivity contribution in [2.24, 2.45) is 0 Å². The lowest BCUT2D eigenvalue weighted by Gasteiger charge is -2.35. The van der Waals surface area contributed by atoms with Crippen LogP contribution in [0.5, 0.6) is 0 Å². The Morgan fingerprint density at radius 1 is 0.960 bits per heavy atom. The minimum atomic E-state index is -0.426. The van der Waals surface area contributed by atoms with Gasteiger partial charge in [0.25, 0.3) is 0 Å².